The van der Waals surface area contributed by atoms with E-state index < -0.39 is 12.1 Å². The maximum Gasteiger partial charge on any atom is 0.223 e. The van der Waals surface area contributed by atoms with E-state index in [4.69, 9.17) is 0 Å². The molecule has 0 spiro atoms. The molecule has 2 aromatic rings. The molecule has 1 unspecified atom stereocenters. The van der Waals surface area contributed by atoms with E-state index in [-0.39, 0.29) is 29.2 Å². The van der Waals surface area contributed by atoms with Gasteiger partial charge in [0.2, 0.25) is 11.8 Å². The van der Waals surface area contributed by atoms with Crippen LogP contribution in [0.25, 0.3) is 0 Å². The van der Waals surface area contributed by atoms with Gasteiger partial charge >= 0.3 is 0 Å². The van der Waals surface area contributed by atoms with Gasteiger partial charge in [0.15, 0.2) is 0 Å². The Bertz CT molecular complexity index is 1080. The topological polar surface area (TPSA) is 81.7 Å². The van der Waals surface area contributed by atoms with Gasteiger partial charge in [0.25, 0.3) is 0 Å². The Morgan fingerprint density at radius 3 is 2.42 bits per heavy atom. The summed E-state index contributed by atoms with van der Waals surface area (Å²) in [5.74, 6) is 0.729. The predicted octanol–water partition coefficient (Wildman–Crippen LogP) is 5.44. The molecule has 1 aliphatic carbocycles. The van der Waals surface area contributed by atoms with Gasteiger partial charge in [-0.3, -0.25) is 9.59 Å². The fourth-order valence-corrected chi connectivity index (χ4v) is 5.92. The molecule has 3 rings (SSSR count). The van der Waals surface area contributed by atoms with Crippen molar-refractivity contribution >= 4 is 11.8 Å². The number of aliphatic hydroxyl groups is 1. The van der Waals surface area contributed by atoms with Crippen LogP contribution < -0.4 is 10.6 Å². The molecule has 220 valence electrons. The number of carbonyl (C=O) groups is 2. The van der Waals surface area contributed by atoms with Crippen LogP contribution in [0, 0.1) is 11.8 Å². The molecule has 0 saturated heterocycles. The Labute approximate surface area is 241 Å². The van der Waals surface area contributed by atoms with E-state index in [9.17, 15) is 14.7 Å². The highest BCUT2D eigenvalue weighted by molar-refractivity contribution is 5.79. The van der Waals surface area contributed by atoms with E-state index in [1.54, 1.807) is 0 Å². The zero-order chi connectivity index (χ0) is 29.3. The first-order chi connectivity index (χ1) is 19.0. The van der Waals surface area contributed by atoms with E-state index in [0.717, 1.165) is 31.2 Å². The lowest BCUT2D eigenvalue weighted by molar-refractivity contribution is -0.137. The van der Waals surface area contributed by atoms with Crippen molar-refractivity contribution < 1.29 is 14.7 Å². The van der Waals surface area contributed by atoms with Gasteiger partial charge < -0.3 is 20.6 Å². The molecule has 0 aromatic heterocycles. The minimum Gasteiger partial charge on any atom is -0.390 e. The molecule has 6 nitrogen and oxygen atoms in total. The number of hydrogen-bond donors (Lipinski definition) is 3. The van der Waals surface area contributed by atoms with Gasteiger partial charge in [0.05, 0.1) is 12.1 Å². The number of carbonyl (C=O) groups excluding carboxylic acids is 2. The molecular weight excluding hydrogens is 498 g/mol. The highest BCUT2D eigenvalue weighted by atomic mass is 16.3. The summed E-state index contributed by atoms with van der Waals surface area (Å²) in [4.78, 5) is 27.9. The minimum atomic E-state index is -0.735. The first-order valence-corrected chi connectivity index (χ1v) is 15.1. The Morgan fingerprint density at radius 2 is 1.75 bits per heavy atom. The summed E-state index contributed by atoms with van der Waals surface area (Å²) < 4.78 is 0. The third-order valence-electron chi connectivity index (χ3n) is 8.98. The lowest BCUT2D eigenvalue weighted by Crippen LogP contribution is -2.53. The summed E-state index contributed by atoms with van der Waals surface area (Å²) in [7, 11) is 1.88. The van der Waals surface area contributed by atoms with Gasteiger partial charge in [0.1, 0.15) is 0 Å². The molecular formula is C34H51N3O3. The highest BCUT2D eigenvalue weighted by Crippen LogP contribution is 2.39. The van der Waals surface area contributed by atoms with Gasteiger partial charge in [-0.05, 0) is 68.1 Å². The molecule has 2 amide bonds. The monoisotopic (exact) mass is 549 g/mol. The van der Waals surface area contributed by atoms with Crippen LogP contribution in [0.1, 0.15) is 89.3 Å². The molecule has 3 N–H and O–H groups in total. The molecule has 0 radical (unpaired) electrons. The van der Waals surface area contributed by atoms with E-state index in [1.807, 2.05) is 49.2 Å². The third kappa shape index (κ3) is 8.65. The van der Waals surface area contributed by atoms with Gasteiger partial charge in [-0.2, -0.15) is 0 Å². The second kappa shape index (κ2) is 14.8. The largest absolute Gasteiger partial charge is 0.390 e. The highest BCUT2D eigenvalue weighted by Gasteiger charge is 2.40. The Hall–Kier alpha value is -2.70. The van der Waals surface area contributed by atoms with Crippen LogP contribution in [0.4, 0.5) is 0 Å². The number of nitrogens with zero attached hydrogens (tertiary/aromatic N) is 1. The van der Waals surface area contributed by atoms with Gasteiger partial charge in [-0.25, -0.2) is 0 Å². The fourth-order valence-electron chi connectivity index (χ4n) is 5.92. The normalized spacial score (nSPS) is 19.2. The molecule has 0 bridgehead atoms. The first kappa shape index (κ1) is 31.8. The number of nitrogens with one attached hydrogen (secondary N) is 2. The number of benzene rings is 2. The molecule has 0 heterocycles. The molecule has 4 atom stereocenters. The number of hydrogen-bond acceptors (Lipinski definition) is 4. The van der Waals surface area contributed by atoms with Gasteiger partial charge in [-0.1, -0.05) is 81.8 Å². The van der Waals surface area contributed by atoms with E-state index in [0.29, 0.717) is 31.8 Å². The summed E-state index contributed by atoms with van der Waals surface area (Å²) in [6.07, 6.45) is 3.86. The molecule has 0 aliphatic heterocycles. The van der Waals surface area contributed by atoms with Crippen LogP contribution in [-0.2, 0) is 22.6 Å². The average Bonchev–Trinajstić information content (AvgIpc) is 2.96. The van der Waals surface area contributed by atoms with Crippen molar-refractivity contribution in [3.05, 3.63) is 71.3 Å². The molecule has 40 heavy (non-hydrogen) atoms. The van der Waals surface area contributed by atoms with E-state index in [2.05, 4.69) is 62.6 Å². The standard InChI is InChI=1S/C34H51N3O3/c1-7-32(39)37(6)34(4,5)29-18-12-17-28(21-29)33(40)36-30(20-25-13-9-8-10-14-25)31(38)23-35-22-26-15-11-16-27(19-26)24(2)3/h8-11,13-16,19,24,28-31,35,38H,7,12,17-18,20-23H2,1-6H3,(H,36,40)/t28-,29-,30?,31+/m0/s1. The van der Waals surface area contributed by atoms with Crippen LogP contribution in [0.15, 0.2) is 54.6 Å². The van der Waals surface area contributed by atoms with Crippen molar-refractivity contribution in [1.82, 2.24) is 15.5 Å². The number of amides is 2. The summed E-state index contributed by atoms with van der Waals surface area (Å²) >= 11 is 0. The Morgan fingerprint density at radius 1 is 1.05 bits per heavy atom. The maximum atomic E-state index is 13.6. The van der Waals surface area contributed by atoms with Crippen LogP contribution >= 0.6 is 0 Å². The third-order valence-corrected chi connectivity index (χ3v) is 8.98. The first-order valence-electron chi connectivity index (χ1n) is 15.1. The summed E-state index contributed by atoms with van der Waals surface area (Å²) in [5, 5.41) is 17.9. The van der Waals surface area contributed by atoms with Gasteiger partial charge in [0, 0.05) is 38.0 Å². The van der Waals surface area contributed by atoms with Crippen molar-refractivity contribution in [2.24, 2.45) is 11.8 Å². The summed E-state index contributed by atoms with van der Waals surface area (Å²) in [6.45, 7) is 11.5. The van der Waals surface area contributed by atoms with Crippen molar-refractivity contribution in [1.29, 1.82) is 0 Å². The van der Waals surface area contributed by atoms with Crippen molar-refractivity contribution in [3.8, 4) is 0 Å². The van der Waals surface area contributed by atoms with Crippen LogP contribution in [0.5, 0.6) is 0 Å². The minimum absolute atomic E-state index is 0.00888. The van der Waals surface area contributed by atoms with Crippen LogP contribution in [-0.4, -0.2) is 53.1 Å². The lowest BCUT2D eigenvalue weighted by Gasteiger charge is -2.45. The van der Waals surface area contributed by atoms with Gasteiger partial charge in [-0.15, -0.1) is 0 Å². The second-order valence-electron chi connectivity index (χ2n) is 12.4. The van der Waals surface area contributed by atoms with Crippen molar-refractivity contribution in [3.63, 3.8) is 0 Å². The van der Waals surface area contributed by atoms with E-state index >= 15 is 0 Å². The van der Waals surface area contributed by atoms with Crippen LogP contribution in [0.2, 0.25) is 0 Å². The average molecular weight is 550 g/mol. The van der Waals surface area contributed by atoms with Crippen molar-refractivity contribution in [2.75, 3.05) is 13.6 Å². The smallest absolute Gasteiger partial charge is 0.223 e. The molecule has 1 aliphatic rings. The molecule has 2 aromatic carbocycles. The SMILES string of the molecule is CCC(=O)N(C)C(C)(C)[C@H]1CCC[C@H](C(=O)NC(Cc2ccccc2)[C@H](O)CNCc2cccc(C(C)C)c2)C1. The zero-order valence-corrected chi connectivity index (χ0v) is 25.5. The lowest BCUT2D eigenvalue weighted by atomic mass is 9.71. The Balaban J connectivity index is 1.65. The maximum absolute atomic E-state index is 13.6. The quantitative estimate of drug-likeness (QED) is 0.311. The summed E-state index contributed by atoms with van der Waals surface area (Å²) in [6, 6.07) is 18.2. The Kier molecular flexibility index (Phi) is 11.8. The zero-order valence-electron chi connectivity index (χ0n) is 25.5. The second-order valence-corrected chi connectivity index (χ2v) is 12.4. The number of aliphatic hydroxyl groups excluding tert-OH is 1. The molecule has 6 heteroatoms. The fraction of sp³-hybridized carbons (Fsp3) is 0.588. The molecule has 1 fully saturated rings. The summed E-state index contributed by atoms with van der Waals surface area (Å²) in [5.41, 5.74) is 3.25. The molecule has 1 saturated carbocycles. The number of rotatable bonds is 13. The predicted molar refractivity (Wildman–Crippen MR) is 163 cm³/mol. The van der Waals surface area contributed by atoms with Crippen LogP contribution in [0.3, 0.4) is 0 Å². The van der Waals surface area contributed by atoms with Crippen molar-refractivity contribution in [2.45, 2.75) is 103 Å². The van der Waals surface area contributed by atoms with E-state index in [1.165, 1.54) is 11.1 Å².